The van der Waals surface area contributed by atoms with Gasteiger partial charge in [0.2, 0.25) is 5.91 Å². The Bertz CT molecular complexity index is 474. The molecule has 3 N–H and O–H groups in total. The van der Waals surface area contributed by atoms with Gasteiger partial charge < -0.3 is 16.0 Å². The van der Waals surface area contributed by atoms with Gasteiger partial charge in [-0.3, -0.25) is 4.79 Å². The van der Waals surface area contributed by atoms with E-state index in [-0.39, 0.29) is 30.7 Å². The minimum Gasteiger partial charge on any atom is -0.352 e. The predicted octanol–water partition coefficient (Wildman–Crippen LogP) is 2.14. The predicted molar refractivity (Wildman–Crippen MR) is 98.4 cm³/mol. The van der Waals surface area contributed by atoms with E-state index in [1.165, 1.54) is 12.8 Å². The largest absolute Gasteiger partial charge is 0.352 e. The summed E-state index contributed by atoms with van der Waals surface area (Å²) < 4.78 is 0. The minimum absolute atomic E-state index is 0. The van der Waals surface area contributed by atoms with E-state index in [9.17, 15) is 4.79 Å². The zero-order chi connectivity index (χ0) is 14.7. The number of benzene rings is 1. The van der Waals surface area contributed by atoms with Crippen LogP contribution in [0.1, 0.15) is 31.2 Å². The number of nitrogens with zero attached hydrogens (tertiary/aromatic N) is 1. The molecular weight excluding hydrogens is 333 g/mol. The van der Waals surface area contributed by atoms with Crippen molar-refractivity contribution in [3.63, 3.8) is 0 Å². The van der Waals surface area contributed by atoms with Gasteiger partial charge in [-0.05, 0) is 37.7 Å². The van der Waals surface area contributed by atoms with Crippen LogP contribution in [0.3, 0.4) is 0 Å². The highest BCUT2D eigenvalue weighted by Gasteiger charge is 2.32. The lowest BCUT2D eigenvalue weighted by atomic mass is 10.0. The van der Waals surface area contributed by atoms with E-state index >= 15 is 0 Å². The molecule has 1 atom stereocenters. The number of rotatable bonds is 5. The molecule has 1 aromatic carbocycles. The van der Waals surface area contributed by atoms with Crippen LogP contribution in [0.2, 0.25) is 0 Å². The standard InChI is InChI=1S/C17H25N3O.2ClH/c18-16(12-13-4-2-1-3-5-13)17(21)19-14-8-10-20(11-9-14)15-6-7-15;;/h1-5,14-16H,6-12,18H2,(H,19,21);2*1H/t16-;;/m0../s1. The van der Waals surface area contributed by atoms with Crippen molar-refractivity contribution in [2.45, 2.75) is 50.2 Å². The molecule has 2 fully saturated rings. The molecular formula is C17H27Cl2N3O. The lowest BCUT2D eigenvalue weighted by Gasteiger charge is -2.32. The van der Waals surface area contributed by atoms with Gasteiger partial charge in [-0.25, -0.2) is 0 Å². The molecule has 0 spiro atoms. The number of carbonyl (C=O) groups is 1. The first-order valence-electron chi connectivity index (χ1n) is 8.06. The zero-order valence-corrected chi connectivity index (χ0v) is 15.0. The molecule has 6 heteroatoms. The molecule has 0 unspecified atom stereocenters. The third-order valence-corrected chi connectivity index (χ3v) is 4.57. The molecule has 1 aliphatic heterocycles. The number of nitrogens with one attached hydrogen (secondary N) is 1. The van der Waals surface area contributed by atoms with Gasteiger partial charge in [0.05, 0.1) is 6.04 Å². The number of carbonyl (C=O) groups excluding carboxylic acids is 1. The second-order valence-corrected chi connectivity index (χ2v) is 6.35. The highest BCUT2D eigenvalue weighted by atomic mass is 35.5. The lowest BCUT2D eigenvalue weighted by molar-refractivity contribution is -0.123. The van der Waals surface area contributed by atoms with Crippen LogP contribution in [-0.4, -0.2) is 42.0 Å². The molecule has 1 heterocycles. The summed E-state index contributed by atoms with van der Waals surface area (Å²) in [6.07, 6.45) is 5.44. The zero-order valence-electron chi connectivity index (χ0n) is 13.3. The monoisotopic (exact) mass is 359 g/mol. The summed E-state index contributed by atoms with van der Waals surface area (Å²) in [7, 11) is 0. The Labute approximate surface area is 151 Å². The Morgan fingerprint density at radius 1 is 1.13 bits per heavy atom. The third-order valence-electron chi connectivity index (χ3n) is 4.57. The number of halogens is 2. The van der Waals surface area contributed by atoms with Crippen LogP contribution in [0.4, 0.5) is 0 Å². The van der Waals surface area contributed by atoms with Gasteiger partial charge >= 0.3 is 0 Å². The van der Waals surface area contributed by atoms with Gasteiger partial charge in [0.25, 0.3) is 0 Å². The first kappa shape index (κ1) is 20.2. The summed E-state index contributed by atoms with van der Waals surface area (Å²) in [5.74, 6) is -0.0104. The van der Waals surface area contributed by atoms with E-state index < -0.39 is 6.04 Å². The molecule has 0 aromatic heterocycles. The molecule has 0 radical (unpaired) electrons. The van der Waals surface area contributed by atoms with Crippen molar-refractivity contribution in [1.82, 2.24) is 10.2 Å². The van der Waals surface area contributed by atoms with E-state index in [0.717, 1.165) is 37.5 Å². The molecule has 4 nitrogen and oxygen atoms in total. The first-order chi connectivity index (χ1) is 10.2. The number of hydrogen-bond donors (Lipinski definition) is 2. The molecule has 1 saturated heterocycles. The summed E-state index contributed by atoms with van der Waals surface area (Å²) in [6.45, 7) is 2.23. The number of piperidine rings is 1. The average molecular weight is 360 g/mol. The molecule has 130 valence electrons. The Morgan fingerprint density at radius 2 is 1.74 bits per heavy atom. The second-order valence-electron chi connectivity index (χ2n) is 6.35. The van der Waals surface area contributed by atoms with Crippen molar-refractivity contribution in [3.05, 3.63) is 35.9 Å². The van der Waals surface area contributed by atoms with Gasteiger partial charge in [0.15, 0.2) is 0 Å². The van der Waals surface area contributed by atoms with Gasteiger partial charge in [-0.15, -0.1) is 24.8 Å². The molecule has 1 saturated carbocycles. The Hall–Kier alpha value is -0.810. The SMILES string of the molecule is Cl.Cl.N[C@@H](Cc1ccccc1)C(=O)NC1CCN(C2CC2)CC1. The number of amides is 1. The van der Waals surface area contributed by atoms with E-state index in [0.29, 0.717) is 12.5 Å². The van der Waals surface area contributed by atoms with Gasteiger partial charge in [-0.1, -0.05) is 30.3 Å². The van der Waals surface area contributed by atoms with Crippen LogP contribution in [-0.2, 0) is 11.2 Å². The summed E-state index contributed by atoms with van der Waals surface area (Å²) >= 11 is 0. The quantitative estimate of drug-likeness (QED) is 0.846. The van der Waals surface area contributed by atoms with Crippen molar-refractivity contribution in [3.8, 4) is 0 Å². The minimum atomic E-state index is -0.450. The van der Waals surface area contributed by atoms with Crippen LogP contribution in [0.15, 0.2) is 30.3 Å². The Morgan fingerprint density at radius 3 is 2.30 bits per heavy atom. The van der Waals surface area contributed by atoms with E-state index in [1.807, 2.05) is 30.3 Å². The molecule has 0 bridgehead atoms. The Balaban J connectivity index is 0.00000132. The fourth-order valence-electron chi connectivity index (χ4n) is 3.12. The van der Waals surface area contributed by atoms with Crippen molar-refractivity contribution in [2.24, 2.45) is 5.73 Å². The maximum atomic E-state index is 12.2. The van der Waals surface area contributed by atoms with E-state index in [1.54, 1.807) is 0 Å². The third kappa shape index (κ3) is 5.96. The Kier molecular flexibility index (Phi) is 8.34. The summed E-state index contributed by atoms with van der Waals surface area (Å²) in [6, 6.07) is 10.7. The van der Waals surface area contributed by atoms with E-state index in [4.69, 9.17) is 5.73 Å². The molecule has 23 heavy (non-hydrogen) atoms. The lowest BCUT2D eigenvalue weighted by Crippen LogP contribution is -2.50. The maximum Gasteiger partial charge on any atom is 0.237 e. The molecule has 2 aliphatic rings. The van der Waals surface area contributed by atoms with Crippen LogP contribution >= 0.6 is 24.8 Å². The summed E-state index contributed by atoms with van der Waals surface area (Å²) in [5.41, 5.74) is 7.14. The smallest absolute Gasteiger partial charge is 0.237 e. The number of nitrogens with two attached hydrogens (primary N) is 1. The fraction of sp³-hybridized carbons (Fsp3) is 0.588. The second kappa shape index (κ2) is 9.48. The molecule has 1 amide bonds. The number of hydrogen-bond acceptors (Lipinski definition) is 3. The number of likely N-dealkylation sites (tertiary alicyclic amines) is 1. The highest BCUT2D eigenvalue weighted by Crippen LogP contribution is 2.29. The van der Waals surface area contributed by atoms with Gasteiger partial charge in [-0.2, -0.15) is 0 Å². The van der Waals surface area contributed by atoms with Crippen LogP contribution in [0.25, 0.3) is 0 Å². The van der Waals surface area contributed by atoms with E-state index in [2.05, 4.69) is 10.2 Å². The van der Waals surface area contributed by atoms with Gasteiger partial charge in [0, 0.05) is 25.2 Å². The maximum absolute atomic E-state index is 12.2. The van der Waals surface area contributed by atoms with Crippen LogP contribution in [0, 0.1) is 0 Å². The molecule has 1 aromatic rings. The van der Waals surface area contributed by atoms with Gasteiger partial charge in [0.1, 0.15) is 0 Å². The molecule has 1 aliphatic carbocycles. The topological polar surface area (TPSA) is 58.4 Å². The van der Waals surface area contributed by atoms with Crippen LogP contribution < -0.4 is 11.1 Å². The fourth-order valence-corrected chi connectivity index (χ4v) is 3.12. The first-order valence-corrected chi connectivity index (χ1v) is 8.06. The normalized spacial score (nSPS) is 20.0. The van der Waals surface area contributed by atoms with Crippen molar-refractivity contribution in [2.75, 3.05) is 13.1 Å². The van der Waals surface area contributed by atoms with Crippen molar-refractivity contribution in [1.29, 1.82) is 0 Å². The highest BCUT2D eigenvalue weighted by molar-refractivity contribution is 5.85. The average Bonchev–Trinajstić information content (AvgIpc) is 3.34. The van der Waals surface area contributed by atoms with Crippen LogP contribution in [0.5, 0.6) is 0 Å². The van der Waals surface area contributed by atoms with Crippen molar-refractivity contribution >= 4 is 30.7 Å². The summed E-state index contributed by atoms with van der Waals surface area (Å²) in [5, 5.41) is 3.13. The van der Waals surface area contributed by atoms with Crippen molar-refractivity contribution < 1.29 is 4.79 Å². The molecule has 3 rings (SSSR count). The summed E-state index contributed by atoms with van der Waals surface area (Å²) in [4.78, 5) is 14.8.